The molecule has 2 amide bonds. The Morgan fingerprint density at radius 1 is 1.43 bits per heavy atom. The summed E-state index contributed by atoms with van der Waals surface area (Å²) >= 11 is 0. The molecule has 0 saturated carbocycles. The van der Waals surface area contributed by atoms with Gasteiger partial charge >= 0.3 is 12.0 Å². The number of ether oxygens (including phenoxy) is 1. The lowest BCUT2D eigenvalue weighted by molar-refractivity contribution is -0.00689. The molecule has 0 unspecified atom stereocenters. The SMILES string of the molecule is CCOC(C)(C)CNC(=O)NCCn1cc(C(=O)O)nn1. The molecule has 1 rings (SSSR count). The van der Waals surface area contributed by atoms with Crippen LogP contribution in [0.2, 0.25) is 0 Å². The van der Waals surface area contributed by atoms with E-state index in [0.29, 0.717) is 26.2 Å². The van der Waals surface area contributed by atoms with Gasteiger partial charge in [-0.05, 0) is 20.8 Å². The van der Waals surface area contributed by atoms with Crippen molar-refractivity contribution in [2.45, 2.75) is 32.9 Å². The zero-order chi connectivity index (χ0) is 15.9. The molecule has 0 aliphatic heterocycles. The van der Waals surface area contributed by atoms with Crippen LogP contribution in [0, 0.1) is 0 Å². The number of carboxylic acids is 1. The van der Waals surface area contributed by atoms with Crippen LogP contribution in [0.1, 0.15) is 31.3 Å². The number of aromatic carboxylic acids is 1. The zero-order valence-corrected chi connectivity index (χ0v) is 12.4. The molecule has 118 valence electrons. The number of hydrogen-bond donors (Lipinski definition) is 3. The number of carbonyl (C=O) groups excluding carboxylic acids is 1. The van der Waals surface area contributed by atoms with E-state index >= 15 is 0 Å². The lowest BCUT2D eigenvalue weighted by atomic mass is 10.1. The normalized spacial score (nSPS) is 11.2. The highest BCUT2D eigenvalue weighted by atomic mass is 16.5. The first-order valence-electron chi connectivity index (χ1n) is 6.63. The number of urea groups is 1. The second-order valence-electron chi connectivity index (χ2n) is 4.97. The minimum absolute atomic E-state index is 0.127. The molecule has 9 heteroatoms. The van der Waals surface area contributed by atoms with Gasteiger partial charge < -0.3 is 20.5 Å². The van der Waals surface area contributed by atoms with Crippen molar-refractivity contribution in [1.29, 1.82) is 0 Å². The van der Waals surface area contributed by atoms with Crippen LogP contribution >= 0.6 is 0 Å². The predicted octanol–water partition coefficient (Wildman–Crippen LogP) is 0.0906. The number of aromatic nitrogens is 3. The molecule has 9 nitrogen and oxygen atoms in total. The van der Waals surface area contributed by atoms with Crippen LogP contribution < -0.4 is 10.6 Å². The smallest absolute Gasteiger partial charge is 0.358 e. The van der Waals surface area contributed by atoms with Crippen molar-refractivity contribution in [3.63, 3.8) is 0 Å². The minimum Gasteiger partial charge on any atom is -0.476 e. The Morgan fingerprint density at radius 2 is 2.14 bits per heavy atom. The van der Waals surface area contributed by atoms with Gasteiger partial charge in [0.1, 0.15) is 0 Å². The monoisotopic (exact) mass is 299 g/mol. The number of hydrogen-bond acceptors (Lipinski definition) is 5. The van der Waals surface area contributed by atoms with Gasteiger partial charge in [0.25, 0.3) is 0 Å². The average molecular weight is 299 g/mol. The van der Waals surface area contributed by atoms with Crippen molar-refractivity contribution in [2.24, 2.45) is 0 Å². The molecule has 0 fully saturated rings. The summed E-state index contributed by atoms with van der Waals surface area (Å²) in [6, 6.07) is -0.318. The van der Waals surface area contributed by atoms with Crippen LogP contribution in [-0.4, -0.2) is 57.4 Å². The van der Waals surface area contributed by atoms with E-state index < -0.39 is 11.6 Å². The molecule has 0 aromatic carbocycles. The summed E-state index contributed by atoms with van der Waals surface area (Å²) in [5.41, 5.74) is -0.549. The summed E-state index contributed by atoms with van der Waals surface area (Å²) in [7, 11) is 0. The summed E-state index contributed by atoms with van der Waals surface area (Å²) in [6.45, 7) is 7.28. The Morgan fingerprint density at radius 3 is 2.71 bits per heavy atom. The average Bonchev–Trinajstić information content (AvgIpc) is 2.85. The van der Waals surface area contributed by atoms with E-state index in [2.05, 4.69) is 20.9 Å². The summed E-state index contributed by atoms with van der Waals surface area (Å²) in [5, 5.41) is 21.1. The molecule has 3 N–H and O–H groups in total. The van der Waals surface area contributed by atoms with Crippen molar-refractivity contribution in [3.8, 4) is 0 Å². The van der Waals surface area contributed by atoms with Gasteiger partial charge in [0.15, 0.2) is 5.69 Å². The Hall–Kier alpha value is -2.16. The first-order chi connectivity index (χ1) is 9.84. The van der Waals surface area contributed by atoms with E-state index in [-0.39, 0.29) is 11.7 Å². The lowest BCUT2D eigenvalue weighted by Crippen LogP contribution is -2.45. The number of carbonyl (C=O) groups is 2. The molecule has 0 aliphatic rings. The second-order valence-corrected chi connectivity index (χ2v) is 4.97. The number of nitrogens with zero attached hydrogens (tertiary/aromatic N) is 3. The molecule has 0 atom stereocenters. The van der Waals surface area contributed by atoms with E-state index in [0.717, 1.165) is 0 Å². The van der Waals surface area contributed by atoms with Crippen LogP contribution in [0.15, 0.2) is 6.20 Å². The molecule has 0 radical (unpaired) electrons. The molecular weight excluding hydrogens is 278 g/mol. The predicted molar refractivity (Wildman–Crippen MR) is 74.1 cm³/mol. The van der Waals surface area contributed by atoms with Crippen molar-refractivity contribution in [3.05, 3.63) is 11.9 Å². The van der Waals surface area contributed by atoms with Crippen LogP contribution in [0.3, 0.4) is 0 Å². The third-order valence-electron chi connectivity index (χ3n) is 2.59. The zero-order valence-electron chi connectivity index (χ0n) is 12.4. The van der Waals surface area contributed by atoms with E-state index in [4.69, 9.17) is 9.84 Å². The van der Waals surface area contributed by atoms with Gasteiger partial charge in [-0.15, -0.1) is 5.10 Å². The topological polar surface area (TPSA) is 118 Å². The Balaban J connectivity index is 2.25. The van der Waals surface area contributed by atoms with E-state index in [1.54, 1.807) is 0 Å². The fourth-order valence-corrected chi connectivity index (χ4v) is 1.59. The lowest BCUT2D eigenvalue weighted by Gasteiger charge is -2.24. The van der Waals surface area contributed by atoms with Crippen molar-refractivity contribution in [1.82, 2.24) is 25.6 Å². The molecule has 1 heterocycles. The molecule has 1 aromatic heterocycles. The first-order valence-corrected chi connectivity index (χ1v) is 6.63. The van der Waals surface area contributed by atoms with Gasteiger partial charge in [-0.25, -0.2) is 14.3 Å². The molecule has 1 aromatic rings. The highest BCUT2D eigenvalue weighted by Crippen LogP contribution is 2.06. The number of amides is 2. The fourth-order valence-electron chi connectivity index (χ4n) is 1.59. The first kappa shape index (κ1) is 16.9. The quantitative estimate of drug-likeness (QED) is 0.626. The standard InChI is InChI=1S/C12H21N5O4/c1-4-21-12(2,3)8-14-11(20)13-5-6-17-7-9(10(18)19)15-16-17/h7H,4-6,8H2,1-3H3,(H,18,19)(H2,13,14,20). The number of nitrogens with one attached hydrogen (secondary N) is 2. The summed E-state index contributed by atoms with van der Waals surface area (Å²) in [6.07, 6.45) is 1.31. The second kappa shape index (κ2) is 7.58. The Labute approximate surface area is 122 Å². The van der Waals surface area contributed by atoms with Crippen LogP contribution in [0.25, 0.3) is 0 Å². The molecule has 0 saturated heterocycles. The van der Waals surface area contributed by atoms with E-state index in [1.807, 2.05) is 20.8 Å². The number of rotatable bonds is 8. The van der Waals surface area contributed by atoms with Gasteiger partial charge in [-0.3, -0.25) is 0 Å². The van der Waals surface area contributed by atoms with Gasteiger partial charge in [-0.1, -0.05) is 5.21 Å². The Kier molecular flexibility index (Phi) is 6.10. The van der Waals surface area contributed by atoms with Gasteiger partial charge in [0.05, 0.1) is 18.3 Å². The van der Waals surface area contributed by atoms with E-state index in [1.165, 1.54) is 10.9 Å². The minimum atomic E-state index is -1.13. The van der Waals surface area contributed by atoms with Gasteiger partial charge in [0.2, 0.25) is 0 Å². The maximum absolute atomic E-state index is 11.6. The van der Waals surface area contributed by atoms with Crippen LogP contribution in [0.4, 0.5) is 4.79 Å². The van der Waals surface area contributed by atoms with Gasteiger partial charge in [0, 0.05) is 19.7 Å². The largest absolute Gasteiger partial charge is 0.476 e. The molecule has 21 heavy (non-hydrogen) atoms. The third-order valence-corrected chi connectivity index (χ3v) is 2.59. The summed E-state index contributed by atoms with van der Waals surface area (Å²) < 4.78 is 6.81. The third kappa shape index (κ3) is 6.21. The molecular formula is C12H21N5O4. The van der Waals surface area contributed by atoms with Crippen molar-refractivity contribution in [2.75, 3.05) is 19.7 Å². The molecule has 0 bridgehead atoms. The summed E-state index contributed by atoms with van der Waals surface area (Å²) in [4.78, 5) is 22.2. The van der Waals surface area contributed by atoms with Crippen molar-refractivity contribution < 1.29 is 19.4 Å². The molecule has 0 aliphatic carbocycles. The van der Waals surface area contributed by atoms with Crippen LogP contribution in [-0.2, 0) is 11.3 Å². The maximum Gasteiger partial charge on any atom is 0.358 e. The van der Waals surface area contributed by atoms with E-state index in [9.17, 15) is 9.59 Å². The van der Waals surface area contributed by atoms with Crippen molar-refractivity contribution >= 4 is 12.0 Å². The van der Waals surface area contributed by atoms with Crippen LogP contribution in [0.5, 0.6) is 0 Å². The number of carboxylic acid groups (broad SMARTS) is 1. The maximum atomic E-state index is 11.6. The Bertz CT molecular complexity index is 486. The fraction of sp³-hybridized carbons (Fsp3) is 0.667. The van der Waals surface area contributed by atoms with Gasteiger partial charge in [-0.2, -0.15) is 0 Å². The summed E-state index contributed by atoms with van der Waals surface area (Å²) in [5.74, 6) is -1.13. The highest BCUT2D eigenvalue weighted by Gasteiger charge is 2.18. The highest BCUT2D eigenvalue weighted by molar-refractivity contribution is 5.84. The molecule has 0 spiro atoms.